The third-order valence-corrected chi connectivity index (χ3v) is 8.75. The van der Waals surface area contributed by atoms with Crippen LogP contribution in [-0.2, 0) is 26.2 Å². The zero-order valence-electron chi connectivity index (χ0n) is 23.3. The van der Waals surface area contributed by atoms with Gasteiger partial charge in [-0.2, -0.15) is 0 Å². The van der Waals surface area contributed by atoms with Crippen LogP contribution in [0.4, 0.5) is 5.69 Å². The van der Waals surface area contributed by atoms with Crippen LogP contribution in [0, 0.1) is 6.92 Å². The van der Waals surface area contributed by atoms with E-state index in [0.717, 1.165) is 32.7 Å². The monoisotopic (exact) mass is 629 g/mol. The van der Waals surface area contributed by atoms with Crippen LogP contribution in [0.3, 0.4) is 0 Å². The van der Waals surface area contributed by atoms with Crippen LogP contribution in [0.25, 0.3) is 0 Å². The van der Waals surface area contributed by atoms with Crippen molar-refractivity contribution in [3.8, 4) is 5.75 Å². The van der Waals surface area contributed by atoms with Crippen molar-refractivity contribution >= 4 is 43.5 Å². The smallest absolute Gasteiger partial charge is 0.264 e. The van der Waals surface area contributed by atoms with Gasteiger partial charge in [0.2, 0.25) is 11.8 Å². The first kappa shape index (κ1) is 31.2. The SMILES string of the molecule is CCCCNC(=O)[C@H](C)N(Cc1cccc(Br)c1)C(=O)CN(c1cccc(OC)c1)S(=O)(=O)c1ccc(C)cc1. The number of ether oxygens (including phenoxy) is 1. The fourth-order valence-electron chi connectivity index (χ4n) is 4.08. The second-order valence-corrected chi connectivity index (χ2v) is 12.3. The fourth-order valence-corrected chi connectivity index (χ4v) is 5.94. The van der Waals surface area contributed by atoms with Gasteiger partial charge in [0.15, 0.2) is 0 Å². The summed E-state index contributed by atoms with van der Waals surface area (Å²) in [7, 11) is -2.66. The molecule has 0 radical (unpaired) electrons. The van der Waals surface area contributed by atoms with Gasteiger partial charge in [-0.15, -0.1) is 0 Å². The number of methoxy groups -OCH3 is 1. The summed E-state index contributed by atoms with van der Waals surface area (Å²) in [6.45, 7) is 5.66. The second kappa shape index (κ2) is 14.3. The average Bonchev–Trinajstić information content (AvgIpc) is 2.94. The summed E-state index contributed by atoms with van der Waals surface area (Å²) in [6, 6.07) is 19.6. The zero-order chi connectivity index (χ0) is 29.3. The summed E-state index contributed by atoms with van der Waals surface area (Å²) >= 11 is 3.46. The van der Waals surface area contributed by atoms with E-state index >= 15 is 0 Å². The van der Waals surface area contributed by atoms with E-state index < -0.39 is 28.5 Å². The Labute approximate surface area is 245 Å². The largest absolute Gasteiger partial charge is 0.497 e. The Bertz CT molecular complexity index is 1410. The maximum absolute atomic E-state index is 14.0. The van der Waals surface area contributed by atoms with E-state index in [1.165, 1.54) is 24.1 Å². The van der Waals surface area contributed by atoms with E-state index in [0.29, 0.717) is 12.3 Å². The van der Waals surface area contributed by atoms with Crippen molar-refractivity contribution in [1.82, 2.24) is 10.2 Å². The standard InChI is InChI=1S/C30H36BrN3O5S/c1-5-6-17-32-30(36)23(3)33(20-24-9-7-10-25(31)18-24)29(35)21-34(26-11-8-12-27(19-26)39-4)40(37,38)28-15-13-22(2)14-16-28/h7-16,18-19,23H,5-6,17,20-21H2,1-4H3,(H,32,36)/t23-/m0/s1. The molecule has 0 bridgehead atoms. The number of carbonyl (C=O) groups is 2. The first-order valence-electron chi connectivity index (χ1n) is 13.1. The van der Waals surface area contributed by atoms with Crippen LogP contribution in [0.2, 0.25) is 0 Å². The Kier molecular flexibility index (Phi) is 11.2. The van der Waals surface area contributed by atoms with Crippen LogP contribution < -0.4 is 14.4 Å². The number of benzene rings is 3. The van der Waals surface area contributed by atoms with Crippen LogP contribution in [-0.4, -0.2) is 51.4 Å². The minimum Gasteiger partial charge on any atom is -0.497 e. The lowest BCUT2D eigenvalue weighted by Gasteiger charge is -2.32. The Morgan fingerprint density at radius 3 is 2.38 bits per heavy atom. The molecule has 0 aliphatic heterocycles. The van der Waals surface area contributed by atoms with Gasteiger partial charge in [0.1, 0.15) is 18.3 Å². The number of unbranched alkanes of at least 4 members (excludes halogenated alkanes) is 1. The van der Waals surface area contributed by atoms with Crippen LogP contribution >= 0.6 is 15.9 Å². The molecule has 0 spiro atoms. The minimum atomic E-state index is -4.15. The van der Waals surface area contributed by atoms with E-state index in [1.807, 2.05) is 38.1 Å². The number of carbonyl (C=O) groups excluding carboxylic acids is 2. The highest BCUT2D eigenvalue weighted by molar-refractivity contribution is 9.10. The number of rotatable bonds is 13. The molecular formula is C30H36BrN3O5S. The fraction of sp³-hybridized carbons (Fsp3) is 0.333. The molecule has 214 valence electrons. The zero-order valence-corrected chi connectivity index (χ0v) is 25.7. The molecule has 0 saturated carbocycles. The van der Waals surface area contributed by atoms with Crippen molar-refractivity contribution in [2.45, 2.75) is 51.1 Å². The minimum absolute atomic E-state index is 0.0533. The number of aryl methyl sites for hydroxylation is 1. The van der Waals surface area contributed by atoms with Gasteiger partial charge in [-0.05, 0) is 62.2 Å². The summed E-state index contributed by atoms with van der Waals surface area (Å²) in [5.74, 6) is -0.369. The number of hydrogen-bond donors (Lipinski definition) is 1. The number of anilines is 1. The maximum atomic E-state index is 14.0. The van der Waals surface area contributed by atoms with Crippen molar-refractivity contribution < 1.29 is 22.7 Å². The molecule has 3 rings (SSSR count). The van der Waals surface area contributed by atoms with Crippen molar-refractivity contribution in [2.24, 2.45) is 0 Å². The molecule has 40 heavy (non-hydrogen) atoms. The molecule has 3 aromatic carbocycles. The number of hydrogen-bond acceptors (Lipinski definition) is 5. The van der Waals surface area contributed by atoms with Crippen LogP contribution in [0.15, 0.2) is 82.2 Å². The summed E-state index contributed by atoms with van der Waals surface area (Å²) < 4.78 is 35.0. The van der Waals surface area contributed by atoms with Gasteiger partial charge < -0.3 is 15.0 Å². The number of amides is 2. The van der Waals surface area contributed by atoms with Gasteiger partial charge in [0.05, 0.1) is 17.7 Å². The number of nitrogens with zero attached hydrogens (tertiary/aromatic N) is 2. The highest BCUT2D eigenvalue weighted by Crippen LogP contribution is 2.28. The van der Waals surface area contributed by atoms with Crippen molar-refractivity contribution in [1.29, 1.82) is 0 Å². The predicted octanol–water partition coefficient (Wildman–Crippen LogP) is 5.30. The maximum Gasteiger partial charge on any atom is 0.264 e. The Hall–Kier alpha value is -3.37. The van der Waals surface area contributed by atoms with E-state index in [4.69, 9.17) is 4.74 Å². The molecular weight excluding hydrogens is 594 g/mol. The normalized spacial score (nSPS) is 11.9. The number of halogens is 1. The number of nitrogens with one attached hydrogen (secondary N) is 1. The van der Waals surface area contributed by atoms with Crippen molar-refractivity contribution in [3.63, 3.8) is 0 Å². The average molecular weight is 631 g/mol. The third kappa shape index (κ3) is 8.08. The Morgan fingerprint density at radius 1 is 1.02 bits per heavy atom. The lowest BCUT2D eigenvalue weighted by molar-refractivity contribution is -0.139. The van der Waals surface area contributed by atoms with Crippen LogP contribution in [0.5, 0.6) is 5.75 Å². The topological polar surface area (TPSA) is 96.0 Å². The van der Waals surface area contributed by atoms with Gasteiger partial charge in [-0.25, -0.2) is 8.42 Å². The molecule has 1 N–H and O–H groups in total. The van der Waals surface area contributed by atoms with Crippen molar-refractivity contribution in [3.05, 3.63) is 88.4 Å². The summed E-state index contributed by atoms with van der Waals surface area (Å²) in [6.07, 6.45) is 1.73. The third-order valence-electron chi connectivity index (χ3n) is 6.47. The molecule has 0 aromatic heterocycles. The molecule has 1 atom stereocenters. The predicted molar refractivity (Wildman–Crippen MR) is 161 cm³/mol. The highest BCUT2D eigenvalue weighted by Gasteiger charge is 2.32. The molecule has 0 heterocycles. The van der Waals surface area contributed by atoms with Gasteiger partial charge in [-0.3, -0.25) is 13.9 Å². The Balaban J connectivity index is 2.02. The second-order valence-electron chi connectivity index (χ2n) is 9.50. The summed E-state index contributed by atoms with van der Waals surface area (Å²) in [5.41, 5.74) is 1.98. The molecule has 0 saturated heterocycles. The molecule has 3 aromatic rings. The molecule has 8 nitrogen and oxygen atoms in total. The highest BCUT2D eigenvalue weighted by atomic mass is 79.9. The molecule has 10 heteroatoms. The molecule has 2 amide bonds. The summed E-state index contributed by atoms with van der Waals surface area (Å²) in [5, 5.41) is 2.89. The van der Waals surface area contributed by atoms with Gasteiger partial charge >= 0.3 is 0 Å². The van der Waals surface area contributed by atoms with E-state index in [9.17, 15) is 18.0 Å². The van der Waals surface area contributed by atoms with E-state index in [1.54, 1.807) is 43.3 Å². The quantitative estimate of drug-likeness (QED) is 0.259. The summed E-state index contributed by atoms with van der Waals surface area (Å²) in [4.78, 5) is 28.5. The van der Waals surface area contributed by atoms with E-state index in [2.05, 4.69) is 21.2 Å². The van der Waals surface area contributed by atoms with Crippen molar-refractivity contribution in [2.75, 3.05) is 24.5 Å². The molecule has 0 unspecified atom stereocenters. The van der Waals surface area contributed by atoms with Gasteiger partial charge in [0.25, 0.3) is 10.0 Å². The number of sulfonamides is 1. The Morgan fingerprint density at radius 2 is 1.73 bits per heavy atom. The van der Waals surface area contributed by atoms with Gasteiger partial charge in [-0.1, -0.05) is 65.2 Å². The molecule has 0 aliphatic rings. The molecule has 0 fully saturated rings. The lowest BCUT2D eigenvalue weighted by atomic mass is 10.1. The van der Waals surface area contributed by atoms with Gasteiger partial charge in [0, 0.05) is 23.6 Å². The lowest BCUT2D eigenvalue weighted by Crippen LogP contribution is -2.51. The van der Waals surface area contributed by atoms with E-state index in [-0.39, 0.29) is 23.0 Å². The van der Waals surface area contributed by atoms with Crippen LogP contribution in [0.1, 0.15) is 37.8 Å². The first-order valence-corrected chi connectivity index (χ1v) is 15.3. The molecule has 0 aliphatic carbocycles. The first-order chi connectivity index (χ1) is 19.1.